The molecule has 1 aliphatic rings. The minimum atomic E-state index is -0.541. The van der Waals surface area contributed by atoms with Crippen LogP contribution in [-0.2, 0) is 16.1 Å². The zero-order chi connectivity index (χ0) is 24.2. The monoisotopic (exact) mass is 485 g/mol. The van der Waals surface area contributed by atoms with E-state index in [9.17, 15) is 9.18 Å². The number of fused-ring (bicyclic) bond motifs is 1. The number of piperazine rings is 1. The molecule has 1 saturated heterocycles. The number of carbonyl (C=O) groups is 1. The van der Waals surface area contributed by atoms with Gasteiger partial charge >= 0.3 is 0 Å². The number of H-pyrrole nitrogens is 1. The van der Waals surface area contributed by atoms with Gasteiger partial charge in [0.2, 0.25) is 5.91 Å². The molecule has 0 aromatic carbocycles. The van der Waals surface area contributed by atoms with Crippen LogP contribution in [0.15, 0.2) is 65.7 Å². The van der Waals surface area contributed by atoms with Gasteiger partial charge in [-0.3, -0.25) is 4.79 Å². The van der Waals surface area contributed by atoms with Crippen molar-refractivity contribution in [3.05, 3.63) is 65.7 Å². The molecular weight excluding hydrogens is 461 g/mol. The molecule has 9 nitrogen and oxygen atoms in total. The van der Waals surface area contributed by atoms with E-state index in [-0.39, 0.29) is 23.2 Å². The first-order valence-corrected chi connectivity index (χ1v) is 11.1. The van der Waals surface area contributed by atoms with Crippen molar-refractivity contribution in [1.82, 2.24) is 34.5 Å². The number of carbonyl (C=O) groups excluding carboxylic acids is 1. The normalized spacial score (nSPS) is 15.5. The van der Waals surface area contributed by atoms with Crippen molar-refractivity contribution in [2.75, 3.05) is 33.3 Å². The number of allylic oxidation sites excluding steroid dienone is 4. The number of hydrogen-bond acceptors (Lipinski definition) is 6. The quantitative estimate of drug-likeness (QED) is 0.407. The molecule has 0 spiro atoms. The van der Waals surface area contributed by atoms with Crippen molar-refractivity contribution in [3.63, 3.8) is 0 Å². The summed E-state index contributed by atoms with van der Waals surface area (Å²) in [6.07, 6.45) is 6.22. The number of amides is 1. The fourth-order valence-electron chi connectivity index (χ4n) is 3.69. The Bertz CT molecular complexity index is 1260. The molecule has 0 radical (unpaired) electrons. The average Bonchev–Trinajstić information content (AvgIpc) is 3.51. The second-order valence-corrected chi connectivity index (χ2v) is 8.14. The summed E-state index contributed by atoms with van der Waals surface area (Å²) in [6.45, 7) is 7.30. The molecule has 0 saturated carbocycles. The maximum atomic E-state index is 14.6. The van der Waals surface area contributed by atoms with E-state index in [2.05, 4.69) is 26.6 Å². The van der Waals surface area contributed by atoms with Crippen LogP contribution in [0.3, 0.4) is 0 Å². The summed E-state index contributed by atoms with van der Waals surface area (Å²) in [6, 6.07) is 3.72. The number of methoxy groups -OCH3 is 1. The van der Waals surface area contributed by atoms with Gasteiger partial charge in [-0.2, -0.15) is 5.10 Å². The second kappa shape index (κ2) is 10.1. The topological polar surface area (TPSA) is 92.2 Å². The molecule has 0 bridgehead atoms. The Labute approximate surface area is 201 Å². The number of pyridine rings is 1. The number of nitrogens with one attached hydrogen (secondary N) is 1. The highest BCUT2D eigenvalue weighted by Gasteiger charge is 2.25. The van der Waals surface area contributed by atoms with Gasteiger partial charge in [0.15, 0.2) is 11.5 Å². The van der Waals surface area contributed by atoms with Crippen LogP contribution in [0.2, 0.25) is 0 Å². The fraction of sp³-hybridized carbons (Fsp3) is 0.304. The molecule has 178 valence electrons. The lowest BCUT2D eigenvalue weighted by atomic mass is 10.2. The molecule has 34 heavy (non-hydrogen) atoms. The van der Waals surface area contributed by atoms with Gasteiger partial charge in [-0.15, -0.1) is 0 Å². The van der Waals surface area contributed by atoms with Gasteiger partial charge in [0.05, 0.1) is 23.2 Å². The number of aromatic amines is 1. The molecule has 0 atom stereocenters. The highest BCUT2D eigenvalue weighted by Crippen LogP contribution is 2.25. The Hall–Kier alpha value is -3.66. The van der Waals surface area contributed by atoms with Gasteiger partial charge in [-0.05, 0) is 25.1 Å². The van der Waals surface area contributed by atoms with Gasteiger partial charge in [-0.25, -0.2) is 19.0 Å². The molecule has 4 heterocycles. The van der Waals surface area contributed by atoms with Crippen LogP contribution in [0.1, 0.15) is 6.92 Å². The number of ether oxygens (including phenoxy) is 1. The Balaban J connectivity index is 1.42. The Morgan fingerprint density at radius 1 is 1.26 bits per heavy atom. The predicted molar refractivity (Wildman–Crippen MR) is 127 cm³/mol. The summed E-state index contributed by atoms with van der Waals surface area (Å²) in [7, 11) is 1.47. The second-order valence-electron chi connectivity index (χ2n) is 7.73. The van der Waals surface area contributed by atoms with Crippen molar-refractivity contribution in [2.45, 2.75) is 13.5 Å². The molecule has 4 rings (SSSR count). The third kappa shape index (κ3) is 4.81. The molecule has 1 fully saturated rings. The van der Waals surface area contributed by atoms with E-state index in [1.807, 2.05) is 12.1 Å². The third-order valence-electron chi connectivity index (χ3n) is 5.70. The lowest BCUT2D eigenvalue weighted by Crippen LogP contribution is -2.49. The maximum absolute atomic E-state index is 14.6. The highest BCUT2D eigenvalue weighted by molar-refractivity contribution is 6.31. The van der Waals surface area contributed by atoms with Gasteiger partial charge in [0, 0.05) is 44.8 Å². The van der Waals surface area contributed by atoms with E-state index in [4.69, 9.17) is 16.3 Å². The zero-order valence-corrected chi connectivity index (χ0v) is 19.7. The summed E-state index contributed by atoms with van der Waals surface area (Å²) in [5.74, 6) is 0.391. The maximum Gasteiger partial charge on any atom is 0.244 e. The van der Waals surface area contributed by atoms with Gasteiger partial charge in [-0.1, -0.05) is 18.2 Å². The summed E-state index contributed by atoms with van der Waals surface area (Å²) in [4.78, 5) is 28.3. The molecule has 11 heteroatoms. The van der Waals surface area contributed by atoms with Crippen LogP contribution in [0.5, 0.6) is 0 Å². The minimum absolute atomic E-state index is 0.0418. The van der Waals surface area contributed by atoms with Crippen LogP contribution in [0.4, 0.5) is 4.39 Å². The first-order chi connectivity index (χ1) is 16.4. The Morgan fingerprint density at radius 2 is 2.00 bits per heavy atom. The van der Waals surface area contributed by atoms with E-state index < -0.39 is 5.83 Å². The summed E-state index contributed by atoms with van der Waals surface area (Å²) >= 11 is 6.03. The van der Waals surface area contributed by atoms with Crippen LogP contribution < -0.4 is 0 Å². The molecule has 1 aliphatic heterocycles. The van der Waals surface area contributed by atoms with Crippen molar-refractivity contribution >= 4 is 28.5 Å². The average molecular weight is 486 g/mol. The van der Waals surface area contributed by atoms with Gasteiger partial charge in [0.25, 0.3) is 0 Å². The fourth-order valence-corrected chi connectivity index (χ4v) is 3.86. The van der Waals surface area contributed by atoms with Crippen molar-refractivity contribution < 1.29 is 13.9 Å². The molecule has 0 aliphatic carbocycles. The first-order valence-electron chi connectivity index (χ1n) is 10.7. The first kappa shape index (κ1) is 23.5. The molecular formula is C23H25ClFN7O2. The number of aromatic nitrogens is 5. The van der Waals surface area contributed by atoms with E-state index in [0.29, 0.717) is 49.1 Å². The number of imidazole rings is 1. The molecule has 0 unspecified atom stereocenters. The number of hydrogen-bond donors (Lipinski definition) is 1. The number of nitrogens with zero attached hydrogens (tertiary/aromatic N) is 6. The predicted octanol–water partition coefficient (Wildman–Crippen LogP) is 3.45. The smallest absolute Gasteiger partial charge is 0.244 e. The van der Waals surface area contributed by atoms with E-state index in [1.54, 1.807) is 40.0 Å². The minimum Gasteiger partial charge on any atom is -0.500 e. The zero-order valence-electron chi connectivity index (χ0n) is 19.0. The van der Waals surface area contributed by atoms with E-state index in [1.165, 1.54) is 13.2 Å². The van der Waals surface area contributed by atoms with Crippen molar-refractivity contribution in [1.29, 1.82) is 0 Å². The Kier molecular flexibility index (Phi) is 6.97. The van der Waals surface area contributed by atoms with Crippen LogP contribution in [0, 0.1) is 0 Å². The van der Waals surface area contributed by atoms with Gasteiger partial charge in [0.1, 0.15) is 23.8 Å². The van der Waals surface area contributed by atoms with E-state index in [0.717, 1.165) is 5.39 Å². The lowest BCUT2D eigenvalue weighted by Gasteiger charge is -2.36. The lowest BCUT2D eigenvalue weighted by molar-refractivity contribution is -0.133. The summed E-state index contributed by atoms with van der Waals surface area (Å²) in [5, 5.41) is 5.57. The molecule has 3 aromatic rings. The molecule has 3 aromatic heterocycles. The summed E-state index contributed by atoms with van der Waals surface area (Å²) in [5.41, 5.74) is 1.47. The van der Waals surface area contributed by atoms with Crippen molar-refractivity contribution in [3.8, 4) is 11.5 Å². The third-order valence-corrected chi connectivity index (χ3v) is 6.08. The SMILES string of the molecule is C=C(/C(F)=C\C(Cl)=C(/C)OC)N1CCN(C(=O)Cn2nc(-c3ncc[nH]3)c3cccnc32)CC1. The molecule has 1 N–H and O–H groups in total. The Morgan fingerprint density at radius 3 is 2.68 bits per heavy atom. The largest absolute Gasteiger partial charge is 0.500 e. The summed E-state index contributed by atoms with van der Waals surface area (Å²) < 4.78 is 21.2. The highest BCUT2D eigenvalue weighted by atomic mass is 35.5. The van der Waals surface area contributed by atoms with Gasteiger partial charge < -0.3 is 19.5 Å². The standard InChI is InChI=1S/C23H25ClFN7O2/c1-15(19(25)13-18(24)16(2)34-3)30-9-11-31(12-10-30)20(33)14-32-23-17(5-4-6-28-23)21(29-32)22-26-7-8-27-22/h4-8,13H,1,9-12,14H2,2-3H3,(H,26,27)/b18-16-,19-13+. The number of halogens is 2. The van der Waals surface area contributed by atoms with Crippen LogP contribution in [-0.4, -0.2) is 73.7 Å². The van der Waals surface area contributed by atoms with Crippen LogP contribution in [0.25, 0.3) is 22.6 Å². The number of rotatable bonds is 7. The van der Waals surface area contributed by atoms with Crippen LogP contribution >= 0.6 is 11.6 Å². The van der Waals surface area contributed by atoms with Crippen molar-refractivity contribution in [2.24, 2.45) is 0 Å². The van der Waals surface area contributed by atoms with E-state index >= 15 is 0 Å². The molecule has 1 amide bonds.